The van der Waals surface area contributed by atoms with Gasteiger partial charge >= 0.3 is 6.18 Å². The number of benzene rings is 1. The molecule has 1 aromatic carbocycles. The Hall–Kier alpha value is -1.14. The summed E-state index contributed by atoms with van der Waals surface area (Å²) in [5, 5.41) is 3.21. The molecule has 0 bridgehead atoms. The van der Waals surface area contributed by atoms with Crippen LogP contribution in [0.3, 0.4) is 0 Å². The van der Waals surface area contributed by atoms with Gasteiger partial charge in [0.15, 0.2) is 0 Å². The van der Waals surface area contributed by atoms with Gasteiger partial charge in [-0.1, -0.05) is 0 Å². The van der Waals surface area contributed by atoms with Crippen molar-refractivity contribution >= 4 is 0 Å². The number of nitrogens with one attached hydrogen (secondary N) is 1. The molecule has 0 spiro atoms. The van der Waals surface area contributed by atoms with Gasteiger partial charge in [-0.2, -0.15) is 13.2 Å². The number of alkyl halides is 3. The molecule has 0 radical (unpaired) electrons. The number of halogens is 4. The fourth-order valence-electron chi connectivity index (χ4n) is 2.82. The van der Waals surface area contributed by atoms with E-state index in [2.05, 4.69) is 5.32 Å². The lowest BCUT2D eigenvalue weighted by atomic mass is 10.0. The summed E-state index contributed by atoms with van der Waals surface area (Å²) >= 11 is 0. The van der Waals surface area contributed by atoms with Crippen LogP contribution in [0.15, 0.2) is 18.2 Å². The highest BCUT2D eigenvalue weighted by molar-refractivity contribution is 5.30. The van der Waals surface area contributed by atoms with E-state index in [9.17, 15) is 17.6 Å². The predicted molar refractivity (Wildman–Crippen MR) is 73.4 cm³/mol. The van der Waals surface area contributed by atoms with E-state index in [-0.39, 0.29) is 24.2 Å². The molecule has 0 aliphatic carbocycles. The molecule has 21 heavy (non-hydrogen) atoms. The van der Waals surface area contributed by atoms with E-state index in [0.29, 0.717) is 0 Å². The average Bonchev–Trinajstić information content (AvgIpc) is 2.87. The third-order valence-electron chi connectivity index (χ3n) is 3.89. The van der Waals surface area contributed by atoms with Gasteiger partial charge in [-0.25, -0.2) is 4.39 Å². The molecule has 1 unspecified atom stereocenters. The molecule has 1 fully saturated rings. The minimum atomic E-state index is -4.46. The molecule has 2 rings (SSSR count). The van der Waals surface area contributed by atoms with Crippen LogP contribution in [0, 0.1) is 5.82 Å². The fraction of sp³-hybridized carbons (Fsp3) is 0.600. The van der Waals surface area contributed by atoms with Crippen molar-refractivity contribution in [1.29, 1.82) is 0 Å². The lowest BCUT2D eigenvalue weighted by Gasteiger charge is -2.33. The maximum absolute atomic E-state index is 13.4. The van der Waals surface area contributed by atoms with E-state index < -0.39 is 17.6 Å². The Bertz CT molecular complexity index is 479. The summed E-state index contributed by atoms with van der Waals surface area (Å²) < 4.78 is 52.5. The van der Waals surface area contributed by atoms with Crippen LogP contribution in [-0.4, -0.2) is 30.1 Å². The van der Waals surface area contributed by atoms with Crippen molar-refractivity contribution in [2.75, 3.05) is 13.1 Å². The topological polar surface area (TPSA) is 15.3 Å². The quantitative estimate of drug-likeness (QED) is 0.858. The Balaban J connectivity index is 2.29. The summed E-state index contributed by atoms with van der Waals surface area (Å²) in [6.45, 7) is 5.63. The highest BCUT2D eigenvalue weighted by Gasteiger charge is 2.35. The van der Waals surface area contributed by atoms with Crippen LogP contribution in [0.2, 0.25) is 0 Å². The molecule has 2 nitrogen and oxygen atoms in total. The molecule has 1 N–H and O–H groups in total. The highest BCUT2D eigenvalue weighted by Crippen LogP contribution is 2.33. The van der Waals surface area contributed by atoms with E-state index in [1.807, 2.05) is 18.7 Å². The van der Waals surface area contributed by atoms with Crippen LogP contribution < -0.4 is 5.32 Å². The van der Waals surface area contributed by atoms with Crippen molar-refractivity contribution < 1.29 is 17.6 Å². The zero-order valence-corrected chi connectivity index (χ0v) is 12.2. The van der Waals surface area contributed by atoms with Crippen LogP contribution in [0.4, 0.5) is 17.6 Å². The van der Waals surface area contributed by atoms with E-state index in [1.165, 1.54) is 0 Å². The van der Waals surface area contributed by atoms with Gasteiger partial charge in [-0.05, 0) is 50.6 Å². The van der Waals surface area contributed by atoms with Crippen LogP contribution in [0.25, 0.3) is 0 Å². The van der Waals surface area contributed by atoms with E-state index in [1.54, 1.807) is 0 Å². The first-order valence-corrected chi connectivity index (χ1v) is 7.11. The zero-order chi connectivity index (χ0) is 15.6. The predicted octanol–water partition coefficient (Wildman–Crippen LogP) is 3.42. The first-order valence-electron chi connectivity index (χ1n) is 7.11. The Labute approximate surface area is 122 Å². The first kappa shape index (κ1) is 16.2. The Morgan fingerprint density at radius 1 is 1.33 bits per heavy atom. The molecule has 1 atom stereocenters. The standard InChI is InChI=1S/C15H20F4N2/c1-10(2)21(13-5-6-20-8-13)9-11-7-12(16)3-4-14(11)15(17,18)19/h3-4,7,10,13,20H,5-6,8-9H2,1-2H3. The van der Waals surface area contributed by atoms with Crippen molar-refractivity contribution in [2.45, 2.75) is 45.1 Å². The van der Waals surface area contributed by atoms with Crippen molar-refractivity contribution in [3.8, 4) is 0 Å². The molecule has 6 heteroatoms. The highest BCUT2D eigenvalue weighted by atomic mass is 19.4. The van der Waals surface area contributed by atoms with Gasteiger partial charge in [0.2, 0.25) is 0 Å². The molecule has 1 heterocycles. The lowest BCUT2D eigenvalue weighted by molar-refractivity contribution is -0.138. The smallest absolute Gasteiger partial charge is 0.315 e. The summed E-state index contributed by atoms with van der Waals surface area (Å²) in [7, 11) is 0. The summed E-state index contributed by atoms with van der Waals surface area (Å²) in [5.74, 6) is -0.633. The van der Waals surface area contributed by atoms with Gasteiger partial charge in [0.1, 0.15) is 5.82 Å². The molecule has 118 valence electrons. The normalized spacial score (nSPS) is 19.7. The summed E-state index contributed by atoms with van der Waals surface area (Å²) in [6, 6.07) is 2.98. The fourth-order valence-corrected chi connectivity index (χ4v) is 2.82. The van der Waals surface area contributed by atoms with Gasteiger partial charge in [-0.3, -0.25) is 4.90 Å². The number of rotatable bonds is 4. The minimum Gasteiger partial charge on any atom is -0.315 e. The van der Waals surface area contributed by atoms with E-state index >= 15 is 0 Å². The number of hydrogen-bond acceptors (Lipinski definition) is 2. The molecule has 0 amide bonds. The van der Waals surface area contributed by atoms with Gasteiger partial charge in [0.05, 0.1) is 5.56 Å². The molecule has 0 aromatic heterocycles. The second-order valence-corrected chi connectivity index (χ2v) is 5.71. The average molecular weight is 304 g/mol. The Morgan fingerprint density at radius 2 is 2.05 bits per heavy atom. The van der Waals surface area contributed by atoms with Crippen molar-refractivity contribution in [3.05, 3.63) is 35.1 Å². The van der Waals surface area contributed by atoms with Crippen molar-refractivity contribution in [1.82, 2.24) is 10.2 Å². The third kappa shape index (κ3) is 3.95. The lowest BCUT2D eigenvalue weighted by Crippen LogP contribution is -2.41. The third-order valence-corrected chi connectivity index (χ3v) is 3.89. The largest absolute Gasteiger partial charge is 0.416 e. The maximum Gasteiger partial charge on any atom is 0.416 e. The second kappa shape index (κ2) is 6.32. The van der Waals surface area contributed by atoms with Crippen LogP contribution in [-0.2, 0) is 12.7 Å². The van der Waals surface area contributed by atoms with Gasteiger partial charge < -0.3 is 5.32 Å². The molecule has 1 saturated heterocycles. The minimum absolute atomic E-state index is 0.00287. The second-order valence-electron chi connectivity index (χ2n) is 5.71. The summed E-state index contributed by atoms with van der Waals surface area (Å²) in [6.07, 6.45) is -3.56. The van der Waals surface area contributed by atoms with Crippen LogP contribution in [0.5, 0.6) is 0 Å². The maximum atomic E-state index is 13.4. The summed E-state index contributed by atoms with van der Waals surface area (Å²) in [4.78, 5) is 2.00. The van der Waals surface area contributed by atoms with E-state index in [0.717, 1.165) is 37.7 Å². The van der Waals surface area contributed by atoms with Gasteiger partial charge in [-0.15, -0.1) is 0 Å². The van der Waals surface area contributed by atoms with Crippen LogP contribution in [0.1, 0.15) is 31.4 Å². The molecule has 1 aromatic rings. The molecule has 0 saturated carbocycles. The van der Waals surface area contributed by atoms with Gasteiger partial charge in [0.25, 0.3) is 0 Å². The SMILES string of the molecule is CC(C)N(Cc1cc(F)ccc1C(F)(F)F)C1CCNC1. The molecule has 1 aliphatic rings. The molecular weight excluding hydrogens is 284 g/mol. The van der Waals surface area contributed by atoms with Crippen LogP contribution >= 0.6 is 0 Å². The Morgan fingerprint density at radius 3 is 2.57 bits per heavy atom. The van der Waals surface area contributed by atoms with Gasteiger partial charge in [0, 0.05) is 25.2 Å². The number of hydrogen-bond donors (Lipinski definition) is 1. The van der Waals surface area contributed by atoms with Crippen molar-refractivity contribution in [3.63, 3.8) is 0 Å². The Kier molecular flexibility index (Phi) is 4.88. The first-order chi connectivity index (χ1) is 9.79. The molecule has 1 aliphatic heterocycles. The zero-order valence-electron chi connectivity index (χ0n) is 12.2. The van der Waals surface area contributed by atoms with Crippen molar-refractivity contribution in [2.24, 2.45) is 0 Å². The monoisotopic (exact) mass is 304 g/mol. The summed E-state index contributed by atoms with van der Waals surface area (Å²) in [5.41, 5.74) is -0.747. The van der Waals surface area contributed by atoms with E-state index in [4.69, 9.17) is 0 Å². The number of nitrogens with zero attached hydrogens (tertiary/aromatic N) is 1. The molecular formula is C15H20F4N2.